The van der Waals surface area contributed by atoms with Crippen molar-refractivity contribution >= 4 is 5.97 Å². The second kappa shape index (κ2) is 8.97. The number of methoxy groups -OCH3 is 2. The molecule has 150 valence electrons. The van der Waals surface area contributed by atoms with Gasteiger partial charge in [-0.05, 0) is 55.2 Å². The maximum Gasteiger partial charge on any atom is 0.320 e. The second-order valence-electron chi connectivity index (χ2n) is 6.76. The van der Waals surface area contributed by atoms with Crippen LogP contribution in [-0.2, 0) is 4.79 Å². The van der Waals surface area contributed by atoms with E-state index < -0.39 is 12.0 Å². The average Bonchev–Trinajstić information content (AvgIpc) is 3.19. The molecule has 0 spiro atoms. The summed E-state index contributed by atoms with van der Waals surface area (Å²) in [5.74, 6) is 1.27. The van der Waals surface area contributed by atoms with Gasteiger partial charge in [0.2, 0.25) is 0 Å². The van der Waals surface area contributed by atoms with Gasteiger partial charge < -0.3 is 19.3 Å². The first-order valence-corrected chi connectivity index (χ1v) is 9.52. The summed E-state index contributed by atoms with van der Waals surface area (Å²) in [4.78, 5) is 13.9. The highest BCUT2D eigenvalue weighted by Crippen LogP contribution is 2.39. The monoisotopic (exact) mass is 385 g/mol. The largest absolute Gasteiger partial charge is 0.497 e. The molecule has 6 nitrogen and oxygen atoms in total. The van der Waals surface area contributed by atoms with Crippen LogP contribution in [0.1, 0.15) is 36.9 Å². The number of carboxylic acids is 1. The molecule has 1 saturated heterocycles. The lowest BCUT2D eigenvalue weighted by atomic mass is 9.95. The van der Waals surface area contributed by atoms with Gasteiger partial charge in [-0.1, -0.05) is 18.2 Å². The van der Waals surface area contributed by atoms with Gasteiger partial charge in [-0.25, -0.2) is 0 Å². The molecular weight excluding hydrogens is 358 g/mol. The van der Waals surface area contributed by atoms with Gasteiger partial charge >= 0.3 is 5.97 Å². The molecule has 1 heterocycles. The van der Waals surface area contributed by atoms with Crippen LogP contribution in [0.25, 0.3) is 0 Å². The van der Waals surface area contributed by atoms with E-state index >= 15 is 0 Å². The lowest BCUT2D eigenvalue weighted by Crippen LogP contribution is -2.39. The van der Waals surface area contributed by atoms with Gasteiger partial charge in [-0.3, -0.25) is 9.69 Å². The van der Waals surface area contributed by atoms with Crippen LogP contribution in [0.4, 0.5) is 0 Å². The molecule has 0 aromatic heterocycles. The average molecular weight is 385 g/mol. The van der Waals surface area contributed by atoms with Crippen molar-refractivity contribution in [2.45, 2.75) is 31.8 Å². The minimum absolute atomic E-state index is 0.219. The third-order valence-corrected chi connectivity index (χ3v) is 5.12. The highest BCUT2D eigenvalue weighted by atomic mass is 16.5. The van der Waals surface area contributed by atoms with Crippen LogP contribution >= 0.6 is 0 Å². The first kappa shape index (κ1) is 20.0. The van der Waals surface area contributed by atoms with E-state index in [4.69, 9.17) is 14.2 Å². The molecule has 1 fully saturated rings. The molecule has 0 bridgehead atoms. The molecule has 2 aromatic carbocycles. The number of aliphatic carboxylic acids is 1. The standard InChI is InChI=1S/C22H27NO5/c1-4-28-19-11-10-16(14-20(19)27-3)21(15-7-5-8-17(13-15)26-2)23-12-6-9-18(23)22(24)25/h5,7-8,10-11,13-14,18,21H,4,6,9,12H2,1-3H3,(H,24,25). The number of carbonyl (C=O) groups is 1. The Morgan fingerprint density at radius 3 is 2.61 bits per heavy atom. The van der Waals surface area contributed by atoms with Gasteiger partial charge in [0, 0.05) is 6.54 Å². The van der Waals surface area contributed by atoms with Crippen LogP contribution < -0.4 is 14.2 Å². The van der Waals surface area contributed by atoms with Crippen molar-refractivity contribution in [3.63, 3.8) is 0 Å². The van der Waals surface area contributed by atoms with Crippen LogP contribution in [0.3, 0.4) is 0 Å². The van der Waals surface area contributed by atoms with Gasteiger partial charge in [0.25, 0.3) is 0 Å². The van der Waals surface area contributed by atoms with Crippen molar-refractivity contribution < 1.29 is 24.1 Å². The van der Waals surface area contributed by atoms with Gasteiger partial charge in [-0.15, -0.1) is 0 Å². The van der Waals surface area contributed by atoms with E-state index in [2.05, 4.69) is 0 Å². The van der Waals surface area contributed by atoms with E-state index in [9.17, 15) is 9.90 Å². The zero-order valence-corrected chi connectivity index (χ0v) is 16.6. The first-order chi connectivity index (χ1) is 13.6. The second-order valence-corrected chi connectivity index (χ2v) is 6.76. The minimum Gasteiger partial charge on any atom is -0.497 e. The predicted octanol–water partition coefficient (Wildman–Crippen LogP) is 3.74. The molecule has 6 heteroatoms. The summed E-state index contributed by atoms with van der Waals surface area (Å²) in [5.41, 5.74) is 1.94. The molecule has 1 aliphatic heterocycles. The Hall–Kier alpha value is -2.73. The van der Waals surface area contributed by atoms with Crippen LogP contribution in [0.2, 0.25) is 0 Å². The summed E-state index contributed by atoms with van der Waals surface area (Å²) in [6.07, 6.45) is 1.50. The first-order valence-electron chi connectivity index (χ1n) is 9.52. The molecule has 1 N–H and O–H groups in total. The fraction of sp³-hybridized carbons (Fsp3) is 0.409. The van der Waals surface area contributed by atoms with E-state index in [1.807, 2.05) is 54.3 Å². The van der Waals surface area contributed by atoms with Gasteiger partial charge in [0.05, 0.1) is 26.9 Å². The van der Waals surface area contributed by atoms with Crippen LogP contribution in [-0.4, -0.2) is 49.4 Å². The molecule has 3 rings (SSSR count). The van der Waals surface area contributed by atoms with E-state index in [0.717, 1.165) is 23.3 Å². The quantitative estimate of drug-likeness (QED) is 0.747. The summed E-state index contributed by atoms with van der Waals surface area (Å²) in [6.45, 7) is 3.19. The van der Waals surface area contributed by atoms with Gasteiger partial charge in [0.1, 0.15) is 11.8 Å². The molecule has 28 heavy (non-hydrogen) atoms. The number of hydrogen-bond donors (Lipinski definition) is 1. The molecule has 2 atom stereocenters. The van der Waals surface area contributed by atoms with E-state index in [1.165, 1.54) is 0 Å². The van der Waals surface area contributed by atoms with Crippen molar-refractivity contribution in [1.82, 2.24) is 4.90 Å². The number of hydrogen-bond acceptors (Lipinski definition) is 5. The number of nitrogens with zero attached hydrogens (tertiary/aromatic N) is 1. The normalized spacial score (nSPS) is 17.9. The molecule has 2 aromatic rings. The summed E-state index contributed by atoms with van der Waals surface area (Å²) in [7, 11) is 3.24. The Kier molecular flexibility index (Phi) is 6.41. The lowest BCUT2D eigenvalue weighted by molar-refractivity contribution is -0.142. The molecule has 0 amide bonds. The molecular formula is C22H27NO5. The third-order valence-electron chi connectivity index (χ3n) is 5.12. The van der Waals surface area contributed by atoms with E-state index in [0.29, 0.717) is 31.1 Å². The Morgan fingerprint density at radius 2 is 1.93 bits per heavy atom. The van der Waals surface area contributed by atoms with Crippen molar-refractivity contribution in [3.05, 3.63) is 53.6 Å². The van der Waals surface area contributed by atoms with E-state index in [-0.39, 0.29) is 6.04 Å². The van der Waals surface area contributed by atoms with E-state index in [1.54, 1.807) is 14.2 Å². The predicted molar refractivity (Wildman–Crippen MR) is 106 cm³/mol. The zero-order chi connectivity index (χ0) is 20.1. The molecule has 0 aliphatic carbocycles. The molecule has 0 radical (unpaired) electrons. The lowest BCUT2D eigenvalue weighted by Gasteiger charge is -2.32. The number of benzene rings is 2. The van der Waals surface area contributed by atoms with Crippen LogP contribution in [0.5, 0.6) is 17.2 Å². The SMILES string of the molecule is CCOc1ccc(C(c2cccc(OC)c2)N2CCCC2C(=O)O)cc1OC. The number of ether oxygens (including phenoxy) is 3. The Labute approximate surface area is 165 Å². The summed E-state index contributed by atoms with van der Waals surface area (Å²) in [6, 6.07) is 12.9. The van der Waals surface area contributed by atoms with Crippen molar-refractivity contribution in [3.8, 4) is 17.2 Å². The van der Waals surface area contributed by atoms with Crippen LogP contribution in [0, 0.1) is 0 Å². The zero-order valence-electron chi connectivity index (χ0n) is 16.6. The highest BCUT2D eigenvalue weighted by Gasteiger charge is 2.37. The van der Waals surface area contributed by atoms with Crippen molar-refractivity contribution in [1.29, 1.82) is 0 Å². The highest BCUT2D eigenvalue weighted by molar-refractivity contribution is 5.74. The molecule has 1 aliphatic rings. The Balaban J connectivity index is 2.09. The third kappa shape index (κ3) is 4.07. The molecule has 2 unspecified atom stereocenters. The maximum absolute atomic E-state index is 11.9. The smallest absolute Gasteiger partial charge is 0.320 e. The summed E-state index contributed by atoms with van der Waals surface area (Å²) in [5, 5.41) is 9.73. The fourth-order valence-electron chi connectivity index (χ4n) is 3.88. The summed E-state index contributed by atoms with van der Waals surface area (Å²) >= 11 is 0. The topological polar surface area (TPSA) is 68.2 Å². The number of rotatable bonds is 8. The Morgan fingerprint density at radius 1 is 1.14 bits per heavy atom. The van der Waals surface area contributed by atoms with Gasteiger partial charge in [-0.2, -0.15) is 0 Å². The summed E-state index contributed by atoms with van der Waals surface area (Å²) < 4.78 is 16.6. The van der Waals surface area contributed by atoms with Gasteiger partial charge in [0.15, 0.2) is 11.5 Å². The van der Waals surface area contributed by atoms with Crippen LogP contribution in [0.15, 0.2) is 42.5 Å². The van der Waals surface area contributed by atoms with Crippen molar-refractivity contribution in [2.75, 3.05) is 27.4 Å². The maximum atomic E-state index is 11.9. The minimum atomic E-state index is -0.789. The molecule has 0 saturated carbocycles. The Bertz CT molecular complexity index is 822. The number of carboxylic acid groups (broad SMARTS) is 1. The number of likely N-dealkylation sites (tertiary alicyclic amines) is 1. The fourth-order valence-corrected chi connectivity index (χ4v) is 3.88. The van der Waals surface area contributed by atoms with Crippen molar-refractivity contribution in [2.24, 2.45) is 0 Å².